The van der Waals surface area contributed by atoms with Gasteiger partial charge in [0.1, 0.15) is 11.5 Å². The van der Waals surface area contributed by atoms with Gasteiger partial charge in [-0.3, -0.25) is 10.1 Å². The molecule has 0 saturated heterocycles. The zero-order valence-electron chi connectivity index (χ0n) is 11.8. The number of carbonyl (C=O) groups is 1. The lowest BCUT2D eigenvalue weighted by molar-refractivity contribution is -0.123. The first-order chi connectivity index (χ1) is 8.79. The number of aromatic hydroxyl groups is 2. The van der Waals surface area contributed by atoms with Crippen molar-refractivity contribution in [2.45, 2.75) is 45.8 Å². The maximum atomic E-state index is 11.8. The van der Waals surface area contributed by atoms with Crippen molar-refractivity contribution in [3.05, 3.63) is 23.8 Å². The van der Waals surface area contributed by atoms with Gasteiger partial charge in [0.15, 0.2) is 0 Å². The van der Waals surface area contributed by atoms with Gasteiger partial charge in [-0.1, -0.05) is 0 Å². The number of nitrogens with one attached hydrogen (secondary N) is 2. The summed E-state index contributed by atoms with van der Waals surface area (Å²) in [5.41, 5.74) is 0.724. The Bertz CT molecular complexity index is 426. The summed E-state index contributed by atoms with van der Waals surface area (Å²) in [6.45, 7) is 7.45. The van der Waals surface area contributed by atoms with E-state index in [-0.39, 0.29) is 35.5 Å². The van der Waals surface area contributed by atoms with Gasteiger partial charge < -0.3 is 15.5 Å². The summed E-state index contributed by atoms with van der Waals surface area (Å²) in [6.07, 6.45) is 0. The molecule has 1 aromatic carbocycles. The highest BCUT2D eigenvalue weighted by Gasteiger charge is 2.17. The van der Waals surface area contributed by atoms with Crippen molar-refractivity contribution in [2.75, 3.05) is 0 Å². The summed E-state index contributed by atoms with van der Waals surface area (Å²) in [5.74, 6) is -0.0721. The van der Waals surface area contributed by atoms with Crippen molar-refractivity contribution in [1.82, 2.24) is 10.6 Å². The molecule has 1 amide bonds. The van der Waals surface area contributed by atoms with Crippen LogP contribution in [0.15, 0.2) is 18.2 Å². The van der Waals surface area contributed by atoms with E-state index in [4.69, 9.17) is 0 Å². The van der Waals surface area contributed by atoms with Gasteiger partial charge in [0.05, 0.1) is 6.04 Å². The van der Waals surface area contributed by atoms with Crippen LogP contribution in [-0.2, 0) is 4.79 Å². The predicted molar refractivity (Wildman–Crippen MR) is 74.1 cm³/mol. The predicted octanol–water partition coefficient (Wildman–Crippen LogP) is 1.66. The molecule has 0 bridgehead atoms. The van der Waals surface area contributed by atoms with Crippen LogP contribution in [0.1, 0.15) is 39.3 Å². The van der Waals surface area contributed by atoms with Crippen LogP contribution in [0, 0.1) is 0 Å². The van der Waals surface area contributed by atoms with Crippen LogP contribution in [0.5, 0.6) is 11.5 Å². The molecule has 5 nitrogen and oxygen atoms in total. The molecule has 0 saturated carbocycles. The molecule has 106 valence electrons. The molecule has 0 radical (unpaired) electrons. The molecule has 19 heavy (non-hydrogen) atoms. The first-order valence-electron chi connectivity index (χ1n) is 6.39. The van der Waals surface area contributed by atoms with Gasteiger partial charge in [-0.05, 0) is 45.4 Å². The van der Waals surface area contributed by atoms with Crippen LogP contribution < -0.4 is 10.6 Å². The van der Waals surface area contributed by atoms with E-state index >= 15 is 0 Å². The Balaban J connectivity index is 2.68. The van der Waals surface area contributed by atoms with E-state index in [9.17, 15) is 15.0 Å². The largest absolute Gasteiger partial charge is 0.508 e. The quantitative estimate of drug-likeness (QED) is 0.653. The van der Waals surface area contributed by atoms with Gasteiger partial charge >= 0.3 is 0 Å². The highest BCUT2D eigenvalue weighted by Crippen LogP contribution is 2.24. The van der Waals surface area contributed by atoms with E-state index in [0.29, 0.717) is 0 Å². The average Bonchev–Trinajstić information content (AvgIpc) is 2.26. The normalized spacial score (nSPS) is 14.2. The molecular formula is C14H22N2O3. The molecule has 5 heteroatoms. The Labute approximate surface area is 113 Å². The number of phenolic OH excluding ortho intramolecular Hbond substituents is 2. The number of carbonyl (C=O) groups excluding carboxylic acids is 1. The minimum absolute atomic E-state index is 0.00272. The van der Waals surface area contributed by atoms with E-state index in [2.05, 4.69) is 10.6 Å². The lowest BCUT2D eigenvalue weighted by Gasteiger charge is -2.21. The third-order valence-corrected chi connectivity index (χ3v) is 2.75. The van der Waals surface area contributed by atoms with Crippen LogP contribution in [-0.4, -0.2) is 28.2 Å². The van der Waals surface area contributed by atoms with Gasteiger partial charge in [0.25, 0.3) is 0 Å². The molecule has 2 unspecified atom stereocenters. The van der Waals surface area contributed by atoms with E-state index in [1.54, 1.807) is 19.1 Å². The zero-order chi connectivity index (χ0) is 14.6. The highest BCUT2D eigenvalue weighted by molar-refractivity contribution is 5.81. The highest BCUT2D eigenvalue weighted by atomic mass is 16.3. The molecule has 1 aromatic rings. The SMILES string of the molecule is CC(C)NC(=O)C(C)NC(C)c1cc(O)cc(O)c1. The first kappa shape index (κ1) is 15.3. The van der Waals surface area contributed by atoms with Crippen molar-refractivity contribution >= 4 is 5.91 Å². The van der Waals surface area contributed by atoms with Crippen LogP contribution in [0.25, 0.3) is 0 Å². The number of benzene rings is 1. The standard InChI is InChI=1S/C14H22N2O3/c1-8(2)15-14(19)10(4)16-9(3)11-5-12(17)7-13(18)6-11/h5-10,16-18H,1-4H3,(H,15,19). The fourth-order valence-electron chi connectivity index (χ4n) is 1.82. The van der Waals surface area contributed by atoms with Gasteiger partial charge in [-0.15, -0.1) is 0 Å². The molecule has 0 aliphatic rings. The summed E-state index contributed by atoms with van der Waals surface area (Å²) in [5, 5.41) is 24.8. The fraction of sp³-hybridized carbons (Fsp3) is 0.500. The monoisotopic (exact) mass is 266 g/mol. The number of phenols is 2. The maximum Gasteiger partial charge on any atom is 0.237 e. The summed E-state index contributed by atoms with van der Waals surface area (Å²) < 4.78 is 0. The van der Waals surface area contributed by atoms with Crippen molar-refractivity contribution in [3.8, 4) is 11.5 Å². The molecule has 0 aliphatic heterocycles. The molecule has 4 N–H and O–H groups in total. The molecule has 1 rings (SSSR count). The zero-order valence-corrected chi connectivity index (χ0v) is 11.8. The lowest BCUT2D eigenvalue weighted by atomic mass is 10.1. The third kappa shape index (κ3) is 4.79. The molecule has 0 fully saturated rings. The van der Waals surface area contributed by atoms with E-state index in [1.807, 2.05) is 20.8 Å². The summed E-state index contributed by atoms with van der Waals surface area (Å²) >= 11 is 0. The minimum atomic E-state index is -0.359. The second-order valence-electron chi connectivity index (χ2n) is 5.06. The van der Waals surface area contributed by atoms with Crippen LogP contribution in [0.3, 0.4) is 0 Å². The number of hydrogen-bond donors (Lipinski definition) is 4. The summed E-state index contributed by atoms with van der Waals surface area (Å²) in [4.78, 5) is 11.8. The van der Waals surface area contributed by atoms with Crippen LogP contribution >= 0.6 is 0 Å². The smallest absolute Gasteiger partial charge is 0.237 e. The van der Waals surface area contributed by atoms with E-state index in [1.165, 1.54) is 6.07 Å². The van der Waals surface area contributed by atoms with Crippen molar-refractivity contribution in [1.29, 1.82) is 0 Å². The lowest BCUT2D eigenvalue weighted by Crippen LogP contribution is -2.45. The maximum absolute atomic E-state index is 11.8. The molecular weight excluding hydrogens is 244 g/mol. The molecule has 0 spiro atoms. The first-order valence-corrected chi connectivity index (χ1v) is 6.39. The Morgan fingerprint density at radius 1 is 1.05 bits per heavy atom. The number of hydrogen-bond acceptors (Lipinski definition) is 4. The molecule has 0 aromatic heterocycles. The van der Waals surface area contributed by atoms with Gasteiger partial charge in [-0.25, -0.2) is 0 Å². The molecule has 2 atom stereocenters. The number of rotatable bonds is 5. The summed E-state index contributed by atoms with van der Waals surface area (Å²) in [7, 11) is 0. The Morgan fingerprint density at radius 2 is 1.58 bits per heavy atom. The van der Waals surface area contributed by atoms with Crippen LogP contribution in [0.4, 0.5) is 0 Å². The van der Waals surface area contributed by atoms with E-state index < -0.39 is 0 Å². The van der Waals surface area contributed by atoms with Crippen molar-refractivity contribution in [3.63, 3.8) is 0 Å². The molecule has 0 aliphatic carbocycles. The second-order valence-corrected chi connectivity index (χ2v) is 5.06. The van der Waals surface area contributed by atoms with E-state index in [0.717, 1.165) is 5.56 Å². The minimum Gasteiger partial charge on any atom is -0.508 e. The summed E-state index contributed by atoms with van der Waals surface area (Å²) in [6, 6.07) is 3.96. The van der Waals surface area contributed by atoms with Crippen molar-refractivity contribution < 1.29 is 15.0 Å². The molecule has 0 heterocycles. The van der Waals surface area contributed by atoms with Crippen LogP contribution in [0.2, 0.25) is 0 Å². The van der Waals surface area contributed by atoms with Gasteiger partial charge in [0, 0.05) is 18.2 Å². The topological polar surface area (TPSA) is 81.6 Å². The van der Waals surface area contributed by atoms with Gasteiger partial charge in [-0.2, -0.15) is 0 Å². The Kier molecular flexibility index (Phi) is 5.18. The Hall–Kier alpha value is -1.75. The Morgan fingerprint density at radius 3 is 2.05 bits per heavy atom. The third-order valence-electron chi connectivity index (χ3n) is 2.75. The van der Waals surface area contributed by atoms with Gasteiger partial charge in [0.2, 0.25) is 5.91 Å². The second kappa shape index (κ2) is 6.43. The average molecular weight is 266 g/mol. The van der Waals surface area contributed by atoms with Crippen molar-refractivity contribution in [2.24, 2.45) is 0 Å². The fourth-order valence-corrected chi connectivity index (χ4v) is 1.82. The number of amides is 1.